The Balaban J connectivity index is 2.91. The van der Waals surface area contributed by atoms with Gasteiger partial charge in [0, 0.05) is 12.8 Å². The van der Waals surface area contributed by atoms with Crippen molar-refractivity contribution in [3.8, 4) is 6.07 Å². The maximum atomic E-state index is 12.0. The van der Waals surface area contributed by atoms with E-state index in [0.717, 1.165) is 6.26 Å². The second-order valence-electron chi connectivity index (χ2n) is 5.76. The molecular formula is C12H20N2O4S. The maximum Gasteiger partial charge on any atom is 0.410 e. The molecule has 0 bridgehead atoms. The van der Waals surface area contributed by atoms with Crippen molar-refractivity contribution in [2.75, 3.05) is 12.8 Å². The van der Waals surface area contributed by atoms with Crippen molar-refractivity contribution in [1.82, 2.24) is 4.90 Å². The summed E-state index contributed by atoms with van der Waals surface area (Å²) in [6.07, 6.45) is 1.65. The number of rotatable bonds is 2. The largest absolute Gasteiger partial charge is 0.444 e. The van der Waals surface area contributed by atoms with Crippen LogP contribution >= 0.6 is 0 Å². The smallest absolute Gasteiger partial charge is 0.410 e. The zero-order valence-corrected chi connectivity index (χ0v) is 12.5. The van der Waals surface area contributed by atoms with E-state index in [4.69, 9.17) is 10.00 Å². The Hall–Kier alpha value is -1.29. The van der Waals surface area contributed by atoms with Crippen LogP contribution in [0.5, 0.6) is 0 Å². The molecule has 1 saturated heterocycles. The minimum atomic E-state index is -3.52. The van der Waals surface area contributed by atoms with Crippen LogP contribution in [-0.4, -0.2) is 49.1 Å². The Morgan fingerprint density at radius 1 is 1.47 bits per heavy atom. The van der Waals surface area contributed by atoms with Gasteiger partial charge >= 0.3 is 6.09 Å². The van der Waals surface area contributed by atoms with Crippen LogP contribution in [0.25, 0.3) is 0 Å². The first kappa shape index (κ1) is 15.8. The molecule has 0 aliphatic carbocycles. The first-order valence-electron chi connectivity index (χ1n) is 6.14. The highest BCUT2D eigenvalue weighted by Crippen LogP contribution is 2.25. The minimum Gasteiger partial charge on any atom is -0.444 e. The molecule has 0 aromatic rings. The first-order valence-corrected chi connectivity index (χ1v) is 8.10. The summed E-state index contributed by atoms with van der Waals surface area (Å²) in [5.41, 5.74) is -0.641. The third kappa shape index (κ3) is 4.10. The lowest BCUT2D eigenvalue weighted by atomic mass is 10.1. The number of carbonyl (C=O) groups is 1. The van der Waals surface area contributed by atoms with E-state index in [1.54, 1.807) is 26.8 Å². The molecule has 0 radical (unpaired) electrons. The number of carbonyl (C=O) groups excluding carboxylic acids is 1. The number of hydrogen-bond acceptors (Lipinski definition) is 5. The summed E-state index contributed by atoms with van der Waals surface area (Å²) < 4.78 is 28.4. The van der Waals surface area contributed by atoms with Crippen LogP contribution in [0.3, 0.4) is 0 Å². The van der Waals surface area contributed by atoms with Crippen molar-refractivity contribution < 1.29 is 17.9 Å². The lowest BCUT2D eigenvalue weighted by Gasteiger charge is -2.30. The van der Waals surface area contributed by atoms with Crippen LogP contribution in [-0.2, 0) is 14.6 Å². The predicted molar refractivity (Wildman–Crippen MR) is 70.2 cm³/mol. The molecule has 0 N–H and O–H groups in total. The van der Waals surface area contributed by atoms with E-state index in [1.807, 2.05) is 0 Å². The summed E-state index contributed by atoms with van der Waals surface area (Å²) in [6.45, 7) is 5.66. The van der Waals surface area contributed by atoms with Gasteiger partial charge in [-0.1, -0.05) is 0 Å². The van der Waals surface area contributed by atoms with Gasteiger partial charge in [0.05, 0.1) is 12.1 Å². The number of nitriles is 1. The molecule has 1 heterocycles. The molecule has 1 amide bonds. The third-order valence-electron chi connectivity index (χ3n) is 2.87. The van der Waals surface area contributed by atoms with E-state index in [1.165, 1.54) is 4.90 Å². The number of hydrogen-bond donors (Lipinski definition) is 0. The molecule has 0 aromatic carbocycles. The van der Waals surface area contributed by atoms with Crippen molar-refractivity contribution in [2.45, 2.75) is 50.5 Å². The first-order chi connectivity index (χ1) is 8.56. The van der Waals surface area contributed by atoms with Crippen LogP contribution in [0.2, 0.25) is 0 Å². The molecule has 7 heteroatoms. The molecule has 1 fully saturated rings. The molecule has 0 spiro atoms. The molecule has 1 aliphatic heterocycles. The SMILES string of the molecule is CC(C)(C)OC(=O)N1CCCC1C(C#N)S(C)(=O)=O. The second-order valence-corrected chi connectivity index (χ2v) is 7.93. The van der Waals surface area contributed by atoms with E-state index < -0.39 is 32.8 Å². The fourth-order valence-corrected chi connectivity index (χ4v) is 3.17. The van der Waals surface area contributed by atoms with Crippen LogP contribution in [0.1, 0.15) is 33.6 Å². The Kier molecular flexibility index (Phi) is 4.46. The van der Waals surface area contributed by atoms with Gasteiger partial charge in [0.15, 0.2) is 15.1 Å². The van der Waals surface area contributed by atoms with Crippen LogP contribution in [0.4, 0.5) is 4.79 Å². The Morgan fingerprint density at radius 2 is 2.05 bits per heavy atom. The fourth-order valence-electron chi connectivity index (χ4n) is 2.12. The summed E-state index contributed by atoms with van der Waals surface area (Å²) in [6, 6.07) is 1.18. The van der Waals surface area contributed by atoms with Gasteiger partial charge in [-0.2, -0.15) is 5.26 Å². The third-order valence-corrected chi connectivity index (χ3v) is 4.21. The topological polar surface area (TPSA) is 87.5 Å². The summed E-state index contributed by atoms with van der Waals surface area (Å²) in [5.74, 6) is 0. The zero-order valence-electron chi connectivity index (χ0n) is 11.7. The molecule has 6 nitrogen and oxygen atoms in total. The van der Waals surface area contributed by atoms with Crippen molar-refractivity contribution in [3.05, 3.63) is 0 Å². The number of amides is 1. The van der Waals surface area contributed by atoms with E-state index in [2.05, 4.69) is 0 Å². The van der Waals surface area contributed by atoms with Gasteiger partial charge in [-0.15, -0.1) is 0 Å². The maximum absolute atomic E-state index is 12.0. The van der Waals surface area contributed by atoms with Crippen LogP contribution in [0, 0.1) is 11.3 Å². The standard InChI is InChI=1S/C12H20N2O4S/c1-12(2,3)18-11(15)14-7-5-6-9(14)10(8-13)19(4,16)17/h9-10H,5-7H2,1-4H3. The fraction of sp³-hybridized carbons (Fsp3) is 0.833. The average molecular weight is 288 g/mol. The predicted octanol–water partition coefficient (Wildman–Crippen LogP) is 1.32. The number of nitrogens with zero attached hydrogens (tertiary/aromatic N) is 2. The molecule has 19 heavy (non-hydrogen) atoms. The number of ether oxygens (including phenoxy) is 1. The lowest BCUT2D eigenvalue weighted by molar-refractivity contribution is 0.0232. The van der Waals surface area contributed by atoms with Crippen LogP contribution in [0.15, 0.2) is 0 Å². The minimum absolute atomic E-state index is 0.424. The number of sulfone groups is 1. The van der Waals surface area contributed by atoms with Crippen molar-refractivity contribution in [3.63, 3.8) is 0 Å². The second kappa shape index (κ2) is 5.37. The highest BCUT2D eigenvalue weighted by molar-refractivity contribution is 7.91. The van der Waals surface area contributed by atoms with E-state index in [-0.39, 0.29) is 0 Å². The Bertz CT molecular complexity index is 487. The van der Waals surface area contributed by atoms with Gasteiger partial charge in [-0.05, 0) is 33.6 Å². The molecule has 2 unspecified atom stereocenters. The molecular weight excluding hydrogens is 268 g/mol. The monoisotopic (exact) mass is 288 g/mol. The highest BCUT2D eigenvalue weighted by atomic mass is 32.2. The molecule has 0 aromatic heterocycles. The quantitative estimate of drug-likeness (QED) is 0.764. The van der Waals surface area contributed by atoms with Crippen molar-refractivity contribution in [1.29, 1.82) is 5.26 Å². The summed E-state index contributed by atoms with van der Waals surface area (Å²) in [7, 11) is -3.52. The molecule has 108 valence electrons. The van der Waals surface area contributed by atoms with Crippen molar-refractivity contribution >= 4 is 15.9 Å². The Labute approximate surface area is 114 Å². The zero-order chi connectivity index (χ0) is 14.8. The van der Waals surface area contributed by atoms with E-state index in [0.29, 0.717) is 19.4 Å². The van der Waals surface area contributed by atoms with Gasteiger partial charge in [0.2, 0.25) is 0 Å². The highest BCUT2D eigenvalue weighted by Gasteiger charge is 2.41. The van der Waals surface area contributed by atoms with E-state index >= 15 is 0 Å². The summed E-state index contributed by atoms with van der Waals surface area (Å²) in [4.78, 5) is 13.4. The summed E-state index contributed by atoms with van der Waals surface area (Å²) in [5, 5.41) is 7.85. The van der Waals surface area contributed by atoms with Crippen molar-refractivity contribution in [2.24, 2.45) is 0 Å². The van der Waals surface area contributed by atoms with Crippen LogP contribution < -0.4 is 0 Å². The average Bonchev–Trinajstić information content (AvgIpc) is 2.62. The molecule has 0 saturated carbocycles. The van der Waals surface area contributed by atoms with Gasteiger partial charge in [-0.25, -0.2) is 13.2 Å². The van der Waals surface area contributed by atoms with Gasteiger partial charge in [-0.3, -0.25) is 0 Å². The molecule has 1 aliphatic rings. The van der Waals surface area contributed by atoms with Gasteiger partial charge < -0.3 is 9.64 Å². The molecule has 2 atom stereocenters. The summed E-state index contributed by atoms with van der Waals surface area (Å²) >= 11 is 0. The van der Waals surface area contributed by atoms with Gasteiger partial charge in [0.1, 0.15) is 5.60 Å². The normalized spacial score (nSPS) is 21.8. The molecule has 1 rings (SSSR count). The van der Waals surface area contributed by atoms with E-state index in [9.17, 15) is 13.2 Å². The van der Waals surface area contributed by atoms with Gasteiger partial charge in [0.25, 0.3) is 0 Å². The Morgan fingerprint density at radius 3 is 2.47 bits per heavy atom. The lowest BCUT2D eigenvalue weighted by Crippen LogP contribution is -2.47. The number of likely N-dealkylation sites (tertiary alicyclic amines) is 1.